The van der Waals surface area contributed by atoms with Gasteiger partial charge in [0.15, 0.2) is 0 Å². The van der Waals surface area contributed by atoms with Gasteiger partial charge in [0.2, 0.25) is 11.8 Å². The number of rotatable bonds is 19. The van der Waals surface area contributed by atoms with Crippen LogP contribution in [0.4, 0.5) is 0 Å². The molecule has 4 atom stereocenters. The molecule has 3 rings (SSSR count). The maximum atomic E-state index is 13.5. The van der Waals surface area contributed by atoms with Gasteiger partial charge in [0.25, 0.3) is 0 Å². The van der Waals surface area contributed by atoms with E-state index in [0.717, 1.165) is 16.7 Å². The zero-order valence-corrected chi connectivity index (χ0v) is 25.3. The van der Waals surface area contributed by atoms with E-state index < -0.39 is 18.1 Å². The van der Waals surface area contributed by atoms with Crippen molar-refractivity contribution in [3.05, 3.63) is 133 Å². The number of allylic oxidation sites excluding steroid dienone is 2. The third kappa shape index (κ3) is 11.7. The standard InChI is InChI=1S/C37H44N2O5/c1-3-5-20-32(23-28-16-9-6-10-17-28)37(43)44-34(30-21-13-8-14-22-30)26-38-36(42)31(15-4-2)25-35(41)39-33(27-40)24-29-18-11-7-12-19-29/h3-4,6-14,16-19,21-22,31-34,40H,1-2,5,15,20,23-27H2,(H,38,42)(H,39,41)/t31-,32-,33-,34-/m1/s1. The molecule has 7 heteroatoms. The van der Waals surface area contributed by atoms with Gasteiger partial charge in [-0.3, -0.25) is 14.4 Å². The van der Waals surface area contributed by atoms with Crippen molar-refractivity contribution >= 4 is 17.8 Å². The van der Waals surface area contributed by atoms with Crippen molar-refractivity contribution in [2.75, 3.05) is 13.2 Å². The number of hydrogen-bond donors (Lipinski definition) is 3. The van der Waals surface area contributed by atoms with Gasteiger partial charge in [-0.2, -0.15) is 0 Å². The highest BCUT2D eigenvalue weighted by atomic mass is 16.5. The first-order chi connectivity index (χ1) is 21.4. The van der Waals surface area contributed by atoms with Crippen LogP contribution in [0, 0.1) is 11.8 Å². The topological polar surface area (TPSA) is 105 Å². The van der Waals surface area contributed by atoms with Gasteiger partial charge < -0.3 is 20.5 Å². The monoisotopic (exact) mass is 596 g/mol. The summed E-state index contributed by atoms with van der Waals surface area (Å²) in [7, 11) is 0. The van der Waals surface area contributed by atoms with Crippen molar-refractivity contribution in [2.24, 2.45) is 11.8 Å². The van der Waals surface area contributed by atoms with Crippen molar-refractivity contribution in [1.82, 2.24) is 10.6 Å². The minimum Gasteiger partial charge on any atom is -0.455 e. The molecule has 0 aromatic heterocycles. The fourth-order valence-corrected chi connectivity index (χ4v) is 5.04. The van der Waals surface area contributed by atoms with Crippen LogP contribution >= 0.6 is 0 Å². The van der Waals surface area contributed by atoms with Crippen molar-refractivity contribution in [1.29, 1.82) is 0 Å². The number of aliphatic hydroxyl groups is 1. The molecule has 0 saturated carbocycles. The number of nitrogens with one attached hydrogen (secondary N) is 2. The molecule has 0 heterocycles. The number of carbonyl (C=O) groups excluding carboxylic acids is 3. The van der Waals surface area contributed by atoms with Crippen LogP contribution < -0.4 is 10.6 Å². The first-order valence-electron chi connectivity index (χ1n) is 15.2. The van der Waals surface area contributed by atoms with E-state index in [1.54, 1.807) is 12.2 Å². The SMILES string of the molecule is C=CCC[C@H](Cc1ccccc1)C(=O)O[C@H](CNC(=O)[C@H](CC=C)CC(=O)N[C@@H](CO)Cc1ccccc1)c1ccccc1. The number of amides is 2. The molecule has 44 heavy (non-hydrogen) atoms. The highest BCUT2D eigenvalue weighted by molar-refractivity contribution is 5.86. The summed E-state index contributed by atoms with van der Waals surface area (Å²) < 4.78 is 6.05. The summed E-state index contributed by atoms with van der Waals surface area (Å²) in [6.45, 7) is 7.39. The smallest absolute Gasteiger partial charge is 0.309 e. The van der Waals surface area contributed by atoms with E-state index in [2.05, 4.69) is 23.8 Å². The Bertz CT molecular complexity index is 1310. The predicted molar refractivity (Wildman–Crippen MR) is 173 cm³/mol. The van der Waals surface area contributed by atoms with Crippen LogP contribution in [-0.4, -0.2) is 42.1 Å². The van der Waals surface area contributed by atoms with Gasteiger partial charge in [0.05, 0.1) is 31.0 Å². The fourth-order valence-electron chi connectivity index (χ4n) is 5.04. The van der Waals surface area contributed by atoms with Crippen LogP contribution in [-0.2, 0) is 32.0 Å². The molecule has 232 valence electrons. The lowest BCUT2D eigenvalue weighted by molar-refractivity contribution is -0.155. The Morgan fingerprint density at radius 2 is 1.39 bits per heavy atom. The number of aliphatic hydroxyl groups excluding tert-OH is 1. The van der Waals surface area contributed by atoms with Crippen LogP contribution in [0.5, 0.6) is 0 Å². The highest BCUT2D eigenvalue weighted by Crippen LogP contribution is 2.23. The summed E-state index contributed by atoms with van der Waals surface area (Å²) in [5, 5.41) is 15.6. The molecule has 0 aliphatic rings. The molecule has 0 unspecified atom stereocenters. The minimum absolute atomic E-state index is 0.0522. The number of carbonyl (C=O) groups is 3. The average molecular weight is 597 g/mol. The second-order valence-electron chi connectivity index (χ2n) is 10.9. The molecular formula is C37H44N2O5. The zero-order valence-electron chi connectivity index (χ0n) is 25.3. The van der Waals surface area contributed by atoms with E-state index in [-0.39, 0.29) is 49.7 Å². The molecule has 0 bridgehead atoms. The van der Waals surface area contributed by atoms with Gasteiger partial charge in [-0.25, -0.2) is 0 Å². The van der Waals surface area contributed by atoms with Crippen molar-refractivity contribution in [2.45, 2.75) is 50.7 Å². The zero-order chi connectivity index (χ0) is 31.6. The van der Waals surface area contributed by atoms with Gasteiger partial charge in [-0.05, 0) is 48.8 Å². The fraction of sp³-hybridized carbons (Fsp3) is 0.324. The first-order valence-corrected chi connectivity index (χ1v) is 15.2. The van der Waals surface area contributed by atoms with Crippen LogP contribution in [0.15, 0.2) is 116 Å². The molecule has 3 aromatic carbocycles. The van der Waals surface area contributed by atoms with E-state index in [4.69, 9.17) is 4.74 Å². The lowest BCUT2D eigenvalue weighted by Crippen LogP contribution is -2.42. The number of hydrogen-bond acceptors (Lipinski definition) is 5. The average Bonchev–Trinajstić information content (AvgIpc) is 3.05. The van der Waals surface area contributed by atoms with Crippen LogP contribution in [0.2, 0.25) is 0 Å². The third-order valence-electron chi connectivity index (χ3n) is 7.43. The van der Waals surface area contributed by atoms with Crippen LogP contribution in [0.1, 0.15) is 48.5 Å². The highest BCUT2D eigenvalue weighted by Gasteiger charge is 2.27. The molecule has 0 spiro atoms. The van der Waals surface area contributed by atoms with E-state index in [1.807, 2.05) is 91.0 Å². The van der Waals surface area contributed by atoms with Crippen molar-refractivity contribution < 1.29 is 24.2 Å². The third-order valence-corrected chi connectivity index (χ3v) is 7.43. The minimum atomic E-state index is -0.711. The Hall–Kier alpha value is -4.49. The van der Waals surface area contributed by atoms with E-state index >= 15 is 0 Å². The first kappa shape index (κ1) is 34.0. The number of benzene rings is 3. The molecule has 3 N–H and O–H groups in total. The predicted octanol–water partition coefficient (Wildman–Crippen LogP) is 5.51. The number of ether oxygens (including phenoxy) is 1. The molecule has 0 aliphatic carbocycles. The van der Waals surface area contributed by atoms with Gasteiger partial charge in [0.1, 0.15) is 6.10 Å². The summed E-state index contributed by atoms with van der Waals surface area (Å²) in [5.41, 5.74) is 2.79. The van der Waals surface area contributed by atoms with E-state index in [9.17, 15) is 19.5 Å². The molecule has 0 saturated heterocycles. The Morgan fingerprint density at radius 1 is 0.795 bits per heavy atom. The maximum absolute atomic E-state index is 13.5. The Morgan fingerprint density at radius 3 is 1.95 bits per heavy atom. The summed E-state index contributed by atoms with van der Waals surface area (Å²) in [4.78, 5) is 39.7. The summed E-state index contributed by atoms with van der Waals surface area (Å²) in [6.07, 6.45) is 5.19. The number of esters is 1. The summed E-state index contributed by atoms with van der Waals surface area (Å²) in [5.74, 6) is -2.06. The van der Waals surface area contributed by atoms with Crippen molar-refractivity contribution in [3.8, 4) is 0 Å². The van der Waals surface area contributed by atoms with Crippen LogP contribution in [0.3, 0.4) is 0 Å². The van der Waals surface area contributed by atoms with Crippen LogP contribution in [0.25, 0.3) is 0 Å². The molecule has 0 aliphatic heterocycles. The Kier molecular flexibility index (Phi) is 14.6. The molecule has 7 nitrogen and oxygen atoms in total. The summed E-state index contributed by atoms with van der Waals surface area (Å²) >= 11 is 0. The second-order valence-corrected chi connectivity index (χ2v) is 10.9. The Balaban J connectivity index is 1.65. The van der Waals surface area contributed by atoms with Gasteiger partial charge in [-0.15, -0.1) is 13.2 Å². The lowest BCUT2D eigenvalue weighted by atomic mass is 9.94. The largest absolute Gasteiger partial charge is 0.455 e. The maximum Gasteiger partial charge on any atom is 0.309 e. The quantitative estimate of drug-likeness (QED) is 0.125. The lowest BCUT2D eigenvalue weighted by Gasteiger charge is -2.24. The molecule has 0 radical (unpaired) electrons. The molecule has 3 aromatic rings. The van der Waals surface area contributed by atoms with E-state index in [1.165, 1.54) is 0 Å². The van der Waals surface area contributed by atoms with Gasteiger partial charge in [-0.1, -0.05) is 103 Å². The summed E-state index contributed by atoms with van der Waals surface area (Å²) in [6, 6.07) is 28.2. The molecular weight excluding hydrogens is 552 g/mol. The van der Waals surface area contributed by atoms with Crippen molar-refractivity contribution in [3.63, 3.8) is 0 Å². The van der Waals surface area contributed by atoms with Gasteiger partial charge >= 0.3 is 5.97 Å². The molecule has 2 amide bonds. The second kappa shape index (κ2) is 18.9. The Labute approximate surface area is 261 Å². The van der Waals surface area contributed by atoms with E-state index in [0.29, 0.717) is 25.7 Å². The molecule has 0 fully saturated rings. The van der Waals surface area contributed by atoms with Gasteiger partial charge in [0, 0.05) is 6.42 Å². The normalized spacial score (nSPS) is 13.5.